The van der Waals surface area contributed by atoms with Gasteiger partial charge in [0.15, 0.2) is 5.67 Å². The van der Waals surface area contributed by atoms with E-state index in [-0.39, 0.29) is 30.2 Å². The molecule has 114 valence electrons. The molecule has 1 aromatic carbocycles. The first-order valence-corrected chi connectivity index (χ1v) is 7.03. The van der Waals surface area contributed by atoms with Gasteiger partial charge < -0.3 is 15.8 Å². The molecule has 3 rings (SSSR count). The van der Waals surface area contributed by atoms with Gasteiger partial charge in [-0.1, -0.05) is 12.2 Å². The Morgan fingerprint density at radius 1 is 1.48 bits per heavy atom. The molecule has 2 heterocycles. The molecule has 0 unspecified atom stereocenters. The highest BCUT2D eigenvalue weighted by Crippen LogP contribution is 2.46. The Bertz CT molecular complexity index is 600. The van der Waals surface area contributed by atoms with Gasteiger partial charge in [0.2, 0.25) is 0 Å². The van der Waals surface area contributed by atoms with Crippen molar-refractivity contribution < 1.29 is 17.9 Å². The van der Waals surface area contributed by atoms with E-state index >= 15 is 0 Å². The van der Waals surface area contributed by atoms with Crippen LogP contribution in [0.2, 0.25) is 0 Å². The Hall–Kier alpha value is -1.34. The largest absolute Gasteiger partial charge is 0.399 e. The maximum atomic E-state index is 14.4. The Morgan fingerprint density at radius 3 is 2.95 bits per heavy atom. The van der Waals surface area contributed by atoms with Crippen LogP contribution in [0.1, 0.15) is 12.0 Å². The summed E-state index contributed by atoms with van der Waals surface area (Å²) >= 11 is 4.98. The van der Waals surface area contributed by atoms with E-state index in [1.54, 1.807) is 0 Å². The maximum Gasteiger partial charge on any atom is 0.189 e. The Labute approximate surface area is 125 Å². The second-order valence-corrected chi connectivity index (χ2v) is 6.09. The molecular weight excluding hydrogens is 301 g/mol. The molecule has 2 aliphatic heterocycles. The third-order valence-electron chi connectivity index (χ3n) is 4.34. The lowest BCUT2D eigenvalue weighted by atomic mass is 9.72. The minimum atomic E-state index is -2.21. The van der Waals surface area contributed by atoms with Crippen molar-refractivity contribution in [2.45, 2.75) is 17.6 Å². The minimum absolute atomic E-state index is 0.135. The Balaban J connectivity index is 2.07. The molecule has 0 spiro atoms. The van der Waals surface area contributed by atoms with E-state index < -0.39 is 29.6 Å². The van der Waals surface area contributed by atoms with Crippen molar-refractivity contribution in [3.05, 3.63) is 29.6 Å². The number of nitrogens with two attached hydrogens (primary N) is 1. The summed E-state index contributed by atoms with van der Waals surface area (Å²) in [5.41, 5.74) is 3.20. The molecule has 1 aromatic rings. The molecule has 3 N–H and O–H groups in total. The maximum absolute atomic E-state index is 14.4. The van der Waals surface area contributed by atoms with Crippen molar-refractivity contribution in [3.63, 3.8) is 0 Å². The second kappa shape index (κ2) is 4.84. The average Bonchev–Trinajstić information content (AvgIpc) is 2.85. The first kappa shape index (κ1) is 14.6. The van der Waals surface area contributed by atoms with Gasteiger partial charge >= 0.3 is 0 Å². The molecule has 7 heteroatoms. The van der Waals surface area contributed by atoms with Gasteiger partial charge in [-0.2, -0.15) is 0 Å². The van der Waals surface area contributed by atoms with E-state index in [1.165, 1.54) is 18.2 Å². The van der Waals surface area contributed by atoms with Crippen LogP contribution in [0.3, 0.4) is 0 Å². The van der Waals surface area contributed by atoms with Crippen LogP contribution in [0.25, 0.3) is 0 Å². The highest BCUT2D eigenvalue weighted by Gasteiger charge is 2.57. The summed E-state index contributed by atoms with van der Waals surface area (Å²) in [6.45, 7) is -0.846. The predicted octanol–water partition coefficient (Wildman–Crippen LogP) is 2.25. The monoisotopic (exact) mass is 316 g/mol. The second-order valence-electron chi connectivity index (χ2n) is 5.68. The van der Waals surface area contributed by atoms with E-state index in [1.807, 2.05) is 0 Å². The summed E-state index contributed by atoms with van der Waals surface area (Å²) < 4.78 is 47.1. The summed E-state index contributed by atoms with van der Waals surface area (Å²) in [6.07, 6.45) is -0.135. The first-order valence-electron chi connectivity index (χ1n) is 6.62. The number of alkyl halides is 2. The zero-order valence-corrected chi connectivity index (χ0v) is 12.0. The topological polar surface area (TPSA) is 47.3 Å². The molecule has 0 aliphatic carbocycles. The van der Waals surface area contributed by atoms with Gasteiger partial charge in [0.05, 0.1) is 18.8 Å². The van der Waals surface area contributed by atoms with Crippen LogP contribution < -0.4 is 11.1 Å². The zero-order valence-electron chi connectivity index (χ0n) is 11.2. The predicted molar refractivity (Wildman–Crippen MR) is 77.0 cm³/mol. The number of ether oxygens (including phenoxy) is 1. The molecule has 0 bridgehead atoms. The fourth-order valence-corrected chi connectivity index (χ4v) is 3.48. The van der Waals surface area contributed by atoms with Crippen LogP contribution >= 0.6 is 12.2 Å². The molecule has 0 amide bonds. The van der Waals surface area contributed by atoms with E-state index in [9.17, 15) is 13.2 Å². The zero-order chi connectivity index (χ0) is 15.3. The van der Waals surface area contributed by atoms with Crippen LogP contribution in [0.5, 0.6) is 0 Å². The highest BCUT2D eigenvalue weighted by molar-refractivity contribution is 7.80. The van der Waals surface area contributed by atoms with Gasteiger partial charge in [-0.15, -0.1) is 0 Å². The molecule has 21 heavy (non-hydrogen) atoms. The molecular formula is C14H15F3N2OS. The number of fused-ring (bicyclic) bond motifs is 1. The normalized spacial score (nSPS) is 35.4. The number of hydrogen-bond acceptors (Lipinski definition) is 3. The van der Waals surface area contributed by atoms with Crippen molar-refractivity contribution in [1.29, 1.82) is 0 Å². The van der Waals surface area contributed by atoms with Crippen LogP contribution in [-0.4, -0.2) is 30.5 Å². The molecule has 2 saturated heterocycles. The van der Waals surface area contributed by atoms with Gasteiger partial charge in [-0.3, -0.25) is 0 Å². The van der Waals surface area contributed by atoms with Crippen LogP contribution in [0, 0.1) is 11.7 Å². The number of nitrogens with one attached hydrogen (secondary N) is 1. The molecule has 0 aromatic heterocycles. The standard InChI is InChI=1S/C14H15F3N2OS/c15-6-13(17)4-8-5-20-7-14(8,19-12(13)21)10-3-9(18)1-2-11(10)16/h1-3,8H,4-7,18H2,(H,19,21)/t8-,13+,14+/m1/s1. The lowest BCUT2D eigenvalue weighted by molar-refractivity contribution is 0.105. The number of halogens is 3. The van der Waals surface area contributed by atoms with Gasteiger partial charge in [0.25, 0.3) is 0 Å². The van der Waals surface area contributed by atoms with Gasteiger partial charge in [0.1, 0.15) is 17.5 Å². The SMILES string of the molecule is Nc1ccc(F)c([C@]23COC[C@H]2C[C@](F)(CF)C(=S)N3)c1. The molecule has 3 atom stereocenters. The van der Waals surface area contributed by atoms with Crippen LogP contribution in [-0.2, 0) is 10.3 Å². The van der Waals surface area contributed by atoms with Gasteiger partial charge in [-0.05, 0) is 24.6 Å². The van der Waals surface area contributed by atoms with Crippen molar-refractivity contribution >= 4 is 22.9 Å². The average molecular weight is 316 g/mol. The fourth-order valence-electron chi connectivity index (χ4n) is 3.16. The summed E-state index contributed by atoms with van der Waals surface area (Å²) in [6, 6.07) is 4.20. The van der Waals surface area contributed by atoms with Crippen molar-refractivity contribution in [3.8, 4) is 0 Å². The number of rotatable bonds is 2. The number of thiocarbonyl (C=S) groups is 1. The van der Waals surface area contributed by atoms with E-state index in [4.69, 9.17) is 22.7 Å². The highest BCUT2D eigenvalue weighted by atomic mass is 32.1. The van der Waals surface area contributed by atoms with Crippen LogP contribution in [0.4, 0.5) is 18.9 Å². The summed E-state index contributed by atoms with van der Waals surface area (Å²) in [4.78, 5) is -0.242. The number of hydrogen-bond donors (Lipinski definition) is 2. The van der Waals surface area contributed by atoms with E-state index in [0.717, 1.165) is 0 Å². The smallest absolute Gasteiger partial charge is 0.189 e. The van der Waals surface area contributed by atoms with Crippen molar-refractivity contribution in [2.24, 2.45) is 5.92 Å². The molecule has 3 nitrogen and oxygen atoms in total. The summed E-state index contributed by atoms with van der Waals surface area (Å²) in [5, 5.41) is 2.81. The fraction of sp³-hybridized carbons (Fsp3) is 0.500. The van der Waals surface area contributed by atoms with Gasteiger partial charge in [-0.25, -0.2) is 13.2 Å². The van der Waals surface area contributed by atoms with E-state index in [0.29, 0.717) is 5.69 Å². The third kappa shape index (κ3) is 2.10. The van der Waals surface area contributed by atoms with Gasteiger partial charge in [0, 0.05) is 17.2 Å². The lowest BCUT2D eigenvalue weighted by Crippen LogP contribution is -2.63. The molecule has 2 fully saturated rings. The first-order chi connectivity index (χ1) is 9.91. The Kier molecular flexibility index (Phi) is 3.37. The third-order valence-corrected chi connectivity index (χ3v) is 4.81. The summed E-state index contributed by atoms with van der Waals surface area (Å²) in [5.74, 6) is -0.886. The quantitative estimate of drug-likeness (QED) is 0.649. The number of nitrogen functional groups attached to an aromatic ring is 1. The molecule has 0 saturated carbocycles. The van der Waals surface area contributed by atoms with Crippen molar-refractivity contribution in [2.75, 3.05) is 25.6 Å². The summed E-state index contributed by atoms with van der Waals surface area (Å²) in [7, 11) is 0. The van der Waals surface area contributed by atoms with Crippen LogP contribution in [0.15, 0.2) is 18.2 Å². The van der Waals surface area contributed by atoms with E-state index in [2.05, 4.69) is 5.32 Å². The molecule has 2 aliphatic rings. The number of piperidine rings is 1. The minimum Gasteiger partial charge on any atom is -0.399 e. The Morgan fingerprint density at radius 2 is 2.24 bits per heavy atom. The van der Waals surface area contributed by atoms with Crippen molar-refractivity contribution in [1.82, 2.24) is 5.32 Å². The lowest BCUT2D eigenvalue weighted by Gasteiger charge is -2.45. The molecule has 0 radical (unpaired) electrons. The number of anilines is 1. The number of benzene rings is 1.